The molecule has 6 rings (SSSR count). The van der Waals surface area contributed by atoms with Gasteiger partial charge in [-0.25, -0.2) is 9.69 Å². The molecule has 0 aliphatic carbocycles. The van der Waals surface area contributed by atoms with E-state index in [1.807, 2.05) is 47.2 Å². The number of pyridine rings is 1. The van der Waals surface area contributed by atoms with Crippen molar-refractivity contribution >= 4 is 34.9 Å². The van der Waals surface area contributed by atoms with E-state index in [1.165, 1.54) is 11.3 Å². The first-order chi connectivity index (χ1) is 18.4. The standard InChI is InChI=1S/C29H30N4O4S/c1-2-19-8-10-22(11-9-19)33-27(36)29(26(35)30-28(33)37,14-23-5-4-12-38-23)18-31-15-20-13-21(17-31)24-6-3-7-25(34)32(24)16-20/h3-12,20-21H,2,13-18H2,1H3,(H,30,35,37)/t20-,21-,29-/m1/s1. The van der Waals surface area contributed by atoms with Gasteiger partial charge in [0.1, 0.15) is 5.41 Å². The predicted molar refractivity (Wildman–Crippen MR) is 145 cm³/mol. The number of anilines is 1. The molecule has 8 nitrogen and oxygen atoms in total. The Balaban J connectivity index is 1.36. The number of carbonyl (C=O) groups is 3. The summed E-state index contributed by atoms with van der Waals surface area (Å²) < 4.78 is 1.87. The third-order valence-electron chi connectivity index (χ3n) is 8.18. The number of likely N-dealkylation sites (tertiary alicyclic amines) is 1. The highest BCUT2D eigenvalue weighted by Crippen LogP contribution is 2.39. The number of barbiturate groups is 1. The molecule has 3 atom stereocenters. The van der Waals surface area contributed by atoms with E-state index >= 15 is 0 Å². The fourth-order valence-corrected chi connectivity index (χ4v) is 7.18. The largest absolute Gasteiger partial charge is 0.335 e. The van der Waals surface area contributed by atoms with Crippen molar-refractivity contribution in [2.45, 2.75) is 38.6 Å². The van der Waals surface area contributed by atoms with E-state index in [0.29, 0.717) is 25.3 Å². The number of rotatable bonds is 6. The van der Waals surface area contributed by atoms with E-state index in [4.69, 9.17) is 0 Å². The van der Waals surface area contributed by atoms with E-state index < -0.39 is 23.3 Å². The molecule has 0 radical (unpaired) electrons. The first-order valence-corrected chi connectivity index (χ1v) is 14.0. The molecule has 0 unspecified atom stereocenters. The van der Waals surface area contributed by atoms with Crippen LogP contribution in [0.25, 0.3) is 0 Å². The minimum atomic E-state index is -1.45. The van der Waals surface area contributed by atoms with Gasteiger partial charge < -0.3 is 9.47 Å². The maximum absolute atomic E-state index is 14.3. The molecular formula is C29H30N4O4S. The van der Waals surface area contributed by atoms with Crippen molar-refractivity contribution in [2.75, 3.05) is 24.5 Å². The Morgan fingerprint density at radius 3 is 2.53 bits per heavy atom. The number of aryl methyl sites for hydroxylation is 1. The zero-order valence-electron chi connectivity index (χ0n) is 21.3. The number of hydrogen-bond acceptors (Lipinski definition) is 6. The van der Waals surface area contributed by atoms with Crippen LogP contribution in [0.2, 0.25) is 0 Å². The Kier molecular flexibility index (Phi) is 6.28. The van der Waals surface area contributed by atoms with Gasteiger partial charge in [-0.2, -0.15) is 0 Å². The summed E-state index contributed by atoms with van der Waals surface area (Å²) in [4.78, 5) is 57.7. The van der Waals surface area contributed by atoms with Crippen molar-refractivity contribution in [1.82, 2.24) is 14.8 Å². The topological polar surface area (TPSA) is 91.7 Å². The number of piperidine rings is 1. The first kappa shape index (κ1) is 24.8. The van der Waals surface area contributed by atoms with Crippen LogP contribution in [-0.2, 0) is 29.0 Å². The highest BCUT2D eigenvalue weighted by Gasteiger charge is 2.56. The van der Waals surface area contributed by atoms with Crippen LogP contribution in [0.1, 0.15) is 35.4 Å². The van der Waals surface area contributed by atoms with Crippen LogP contribution in [0.4, 0.5) is 10.5 Å². The average molecular weight is 531 g/mol. The normalized spacial score (nSPS) is 25.3. The first-order valence-electron chi connectivity index (χ1n) is 13.1. The van der Waals surface area contributed by atoms with Gasteiger partial charge in [-0.3, -0.25) is 19.7 Å². The van der Waals surface area contributed by atoms with E-state index in [9.17, 15) is 19.2 Å². The van der Waals surface area contributed by atoms with Gasteiger partial charge in [0.2, 0.25) is 5.91 Å². The highest BCUT2D eigenvalue weighted by atomic mass is 32.1. The lowest BCUT2D eigenvalue weighted by molar-refractivity contribution is -0.144. The smallest absolute Gasteiger partial charge is 0.312 e. The molecule has 0 spiro atoms. The van der Waals surface area contributed by atoms with Gasteiger partial charge in [-0.05, 0) is 54.0 Å². The summed E-state index contributed by atoms with van der Waals surface area (Å²) >= 11 is 1.50. The zero-order chi connectivity index (χ0) is 26.4. The van der Waals surface area contributed by atoms with Crippen molar-refractivity contribution in [3.63, 3.8) is 0 Å². The second-order valence-electron chi connectivity index (χ2n) is 10.7. The summed E-state index contributed by atoms with van der Waals surface area (Å²) in [6.45, 7) is 4.21. The number of amides is 4. The number of nitrogens with one attached hydrogen (secondary N) is 1. The predicted octanol–water partition coefficient (Wildman–Crippen LogP) is 3.40. The van der Waals surface area contributed by atoms with Crippen LogP contribution in [-0.4, -0.2) is 46.9 Å². The average Bonchev–Trinajstić information content (AvgIpc) is 3.41. The molecule has 2 bridgehead atoms. The van der Waals surface area contributed by atoms with Crippen LogP contribution >= 0.6 is 11.3 Å². The fourth-order valence-electron chi connectivity index (χ4n) is 6.36. The summed E-state index contributed by atoms with van der Waals surface area (Å²) in [6, 6.07) is 15.9. The quantitative estimate of drug-likeness (QED) is 0.494. The second kappa shape index (κ2) is 9.63. The lowest BCUT2D eigenvalue weighted by Crippen LogP contribution is -2.68. The number of thiophene rings is 1. The SMILES string of the molecule is CCc1ccc(N2C(=O)NC(=O)[C@@](Cc3cccs3)(CN3C[C@H]4C[C@H](C3)c3cccc(=O)n3C4)C2=O)cc1. The second-order valence-corrected chi connectivity index (χ2v) is 11.7. The minimum Gasteiger partial charge on any atom is -0.312 e. The van der Waals surface area contributed by atoms with Crippen molar-refractivity contribution in [3.05, 3.63) is 86.5 Å². The number of benzene rings is 1. The van der Waals surface area contributed by atoms with E-state index in [2.05, 4.69) is 10.2 Å². The molecule has 2 fully saturated rings. The van der Waals surface area contributed by atoms with E-state index in [0.717, 1.165) is 33.9 Å². The van der Waals surface area contributed by atoms with Crippen molar-refractivity contribution in [1.29, 1.82) is 0 Å². The Bertz CT molecular complexity index is 1450. The van der Waals surface area contributed by atoms with Crippen LogP contribution < -0.4 is 15.8 Å². The lowest BCUT2D eigenvalue weighted by atomic mass is 9.76. The van der Waals surface area contributed by atoms with Crippen molar-refractivity contribution < 1.29 is 14.4 Å². The molecule has 2 saturated heterocycles. The molecule has 3 aromatic rings. The molecule has 196 valence electrons. The summed E-state index contributed by atoms with van der Waals surface area (Å²) in [5.74, 6) is -0.636. The maximum atomic E-state index is 14.3. The van der Waals surface area contributed by atoms with Crippen LogP contribution in [0.3, 0.4) is 0 Å². The molecular weight excluding hydrogens is 500 g/mol. The van der Waals surface area contributed by atoms with E-state index in [1.54, 1.807) is 24.3 Å². The van der Waals surface area contributed by atoms with E-state index in [-0.39, 0.29) is 30.4 Å². The molecule has 1 aromatic carbocycles. The van der Waals surface area contributed by atoms with Gasteiger partial charge in [-0.15, -0.1) is 11.3 Å². The number of nitrogens with zero attached hydrogens (tertiary/aromatic N) is 3. The van der Waals surface area contributed by atoms with Gasteiger partial charge in [-0.1, -0.05) is 31.2 Å². The van der Waals surface area contributed by atoms with Gasteiger partial charge in [0, 0.05) is 55.2 Å². The number of carbonyl (C=O) groups excluding carboxylic acids is 3. The molecule has 5 heterocycles. The number of hydrogen-bond donors (Lipinski definition) is 1. The molecule has 4 amide bonds. The lowest BCUT2D eigenvalue weighted by Gasteiger charge is -2.47. The molecule has 38 heavy (non-hydrogen) atoms. The maximum Gasteiger partial charge on any atom is 0.335 e. The summed E-state index contributed by atoms with van der Waals surface area (Å²) in [7, 11) is 0. The third-order valence-corrected chi connectivity index (χ3v) is 9.05. The molecule has 3 aliphatic rings. The summed E-state index contributed by atoms with van der Waals surface area (Å²) in [5.41, 5.74) is 1.13. The van der Waals surface area contributed by atoms with Crippen LogP contribution in [0.15, 0.2) is 64.8 Å². The Morgan fingerprint density at radius 1 is 0.974 bits per heavy atom. The van der Waals surface area contributed by atoms with Gasteiger partial charge in [0.05, 0.1) is 5.69 Å². The summed E-state index contributed by atoms with van der Waals surface area (Å²) in [6.07, 6.45) is 2.04. The molecule has 2 aromatic heterocycles. The van der Waals surface area contributed by atoms with Crippen molar-refractivity contribution in [2.24, 2.45) is 11.3 Å². The van der Waals surface area contributed by atoms with Crippen molar-refractivity contribution in [3.8, 4) is 0 Å². The number of urea groups is 1. The Hall–Kier alpha value is -3.56. The van der Waals surface area contributed by atoms with Gasteiger partial charge in [0.25, 0.3) is 11.5 Å². The van der Waals surface area contributed by atoms with Gasteiger partial charge >= 0.3 is 6.03 Å². The highest BCUT2D eigenvalue weighted by molar-refractivity contribution is 7.09. The minimum absolute atomic E-state index is 0.0184. The number of aromatic nitrogens is 1. The third kappa shape index (κ3) is 4.19. The van der Waals surface area contributed by atoms with Crippen LogP contribution in [0.5, 0.6) is 0 Å². The monoisotopic (exact) mass is 530 g/mol. The number of imide groups is 2. The Labute approximate surface area is 224 Å². The molecule has 1 N–H and O–H groups in total. The zero-order valence-corrected chi connectivity index (χ0v) is 22.1. The fraction of sp³-hybridized carbons (Fsp3) is 0.379. The Morgan fingerprint density at radius 2 is 1.79 bits per heavy atom. The number of fused-ring (bicyclic) bond motifs is 4. The molecule has 0 saturated carbocycles. The van der Waals surface area contributed by atoms with Crippen LogP contribution in [0, 0.1) is 11.3 Å². The molecule has 9 heteroatoms. The van der Waals surface area contributed by atoms with Gasteiger partial charge in [0.15, 0.2) is 0 Å². The summed E-state index contributed by atoms with van der Waals surface area (Å²) in [5, 5.41) is 4.44. The molecule has 3 aliphatic heterocycles.